The molecule has 2 aliphatic rings. The van der Waals surface area contributed by atoms with Gasteiger partial charge in [-0.2, -0.15) is 10.1 Å². The zero-order valence-corrected chi connectivity index (χ0v) is 17.7. The molecule has 1 N–H and O–H groups in total. The Labute approximate surface area is 176 Å². The van der Waals surface area contributed by atoms with Gasteiger partial charge in [0.2, 0.25) is 11.8 Å². The number of hydrogen-bond acceptors (Lipinski definition) is 6. The largest absolute Gasteiger partial charge is 0.471 e. The van der Waals surface area contributed by atoms with Crippen molar-refractivity contribution < 1.29 is 9.47 Å². The molecular formula is C23H29N5O2. The zero-order valence-electron chi connectivity index (χ0n) is 17.7. The maximum absolute atomic E-state index is 6.29. The van der Waals surface area contributed by atoms with Crippen molar-refractivity contribution in [2.45, 2.75) is 51.2 Å². The topological polar surface area (TPSA) is 74.1 Å². The van der Waals surface area contributed by atoms with Crippen LogP contribution in [-0.4, -0.2) is 45.1 Å². The van der Waals surface area contributed by atoms with Crippen molar-refractivity contribution in [3.8, 4) is 17.0 Å². The Balaban J connectivity index is 1.45. The molecule has 7 nitrogen and oxygen atoms in total. The number of rotatable bonds is 5. The number of fused-ring (bicyclic) bond motifs is 1. The quantitative estimate of drug-likeness (QED) is 0.684. The molecule has 1 aromatic carbocycles. The van der Waals surface area contributed by atoms with Crippen molar-refractivity contribution in [1.82, 2.24) is 19.7 Å². The highest BCUT2D eigenvalue weighted by atomic mass is 16.5. The highest BCUT2D eigenvalue weighted by Gasteiger charge is 2.23. The highest BCUT2D eigenvalue weighted by Crippen LogP contribution is 2.33. The van der Waals surface area contributed by atoms with E-state index < -0.39 is 0 Å². The average molecular weight is 408 g/mol. The van der Waals surface area contributed by atoms with Crippen molar-refractivity contribution in [3.63, 3.8) is 0 Å². The van der Waals surface area contributed by atoms with E-state index in [-0.39, 0.29) is 6.10 Å². The smallest absolute Gasteiger partial charge is 0.226 e. The lowest BCUT2D eigenvalue weighted by Crippen LogP contribution is -2.26. The summed E-state index contributed by atoms with van der Waals surface area (Å²) >= 11 is 0. The molecule has 3 heterocycles. The summed E-state index contributed by atoms with van der Waals surface area (Å²) < 4.78 is 13.7. The summed E-state index contributed by atoms with van der Waals surface area (Å²) in [6.07, 6.45) is 9.51. The maximum Gasteiger partial charge on any atom is 0.226 e. The van der Waals surface area contributed by atoms with Gasteiger partial charge in [-0.3, -0.25) is 4.68 Å². The van der Waals surface area contributed by atoms with Crippen LogP contribution in [0, 0.1) is 5.92 Å². The van der Waals surface area contributed by atoms with Gasteiger partial charge in [-0.05, 0) is 49.3 Å². The molecule has 0 amide bonds. The number of anilines is 1. The van der Waals surface area contributed by atoms with E-state index in [1.807, 2.05) is 24.1 Å². The van der Waals surface area contributed by atoms with Crippen molar-refractivity contribution in [1.29, 1.82) is 0 Å². The van der Waals surface area contributed by atoms with E-state index in [0.29, 0.717) is 24.5 Å². The van der Waals surface area contributed by atoms with E-state index in [9.17, 15) is 0 Å². The van der Waals surface area contributed by atoms with E-state index in [0.717, 1.165) is 53.8 Å². The van der Waals surface area contributed by atoms with Crippen LogP contribution in [0.3, 0.4) is 0 Å². The molecule has 1 aliphatic carbocycles. The van der Waals surface area contributed by atoms with Gasteiger partial charge < -0.3 is 14.8 Å². The van der Waals surface area contributed by atoms with E-state index in [2.05, 4.69) is 40.5 Å². The van der Waals surface area contributed by atoms with E-state index in [1.54, 1.807) is 0 Å². The molecule has 0 radical (unpaired) electrons. The molecule has 1 saturated heterocycles. The van der Waals surface area contributed by atoms with E-state index in [4.69, 9.17) is 14.5 Å². The van der Waals surface area contributed by atoms with E-state index >= 15 is 0 Å². The Morgan fingerprint density at radius 1 is 1.13 bits per heavy atom. The molecule has 30 heavy (non-hydrogen) atoms. The average Bonchev–Trinajstić information content (AvgIpc) is 3.40. The van der Waals surface area contributed by atoms with Gasteiger partial charge in [-0.1, -0.05) is 13.0 Å². The number of nitrogens with one attached hydrogen (secondary N) is 1. The van der Waals surface area contributed by atoms with Gasteiger partial charge in [0.05, 0.1) is 30.5 Å². The van der Waals surface area contributed by atoms with Gasteiger partial charge in [0.25, 0.3) is 0 Å². The maximum atomic E-state index is 6.29. The fourth-order valence-corrected chi connectivity index (χ4v) is 4.41. The molecule has 0 unspecified atom stereocenters. The summed E-state index contributed by atoms with van der Waals surface area (Å²) in [5.41, 5.74) is 3.02. The lowest BCUT2D eigenvalue weighted by molar-refractivity contribution is 0.138. The molecular weight excluding hydrogens is 378 g/mol. The minimum absolute atomic E-state index is 0.0316. The number of aromatic nitrogens is 4. The van der Waals surface area contributed by atoms with Crippen LogP contribution >= 0.6 is 0 Å². The van der Waals surface area contributed by atoms with Crippen molar-refractivity contribution in [3.05, 3.63) is 30.6 Å². The van der Waals surface area contributed by atoms with Gasteiger partial charge in [0.1, 0.15) is 6.10 Å². The third-order valence-electron chi connectivity index (χ3n) is 6.33. The molecule has 1 saturated carbocycles. The number of ether oxygens (including phenoxy) is 2. The molecule has 7 heteroatoms. The molecule has 1 aliphatic heterocycles. The Bertz CT molecular complexity index is 1020. The van der Waals surface area contributed by atoms with Gasteiger partial charge in [-0.15, -0.1) is 0 Å². The fraction of sp³-hybridized carbons (Fsp3) is 0.522. The van der Waals surface area contributed by atoms with Crippen molar-refractivity contribution in [2.24, 2.45) is 13.0 Å². The first-order valence-electron chi connectivity index (χ1n) is 11.0. The molecule has 0 spiro atoms. The van der Waals surface area contributed by atoms with Crippen LogP contribution < -0.4 is 10.1 Å². The van der Waals surface area contributed by atoms with Gasteiger partial charge >= 0.3 is 0 Å². The van der Waals surface area contributed by atoms with Crippen LogP contribution in [0.2, 0.25) is 0 Å². The Hall–Kier alpha value is -2.67. The predicted molar refractivity (Wildman–Crippen MR) is 117 cm³/mol. The fourth-order valence-electron chi connectivity index (χ4n) is 4.41. The van der Waals surface area contributed by atoms with Gasteiger partial charge in [0, 0.05) is 31.1 Å². The predicted octanol–water partition coefficient (Wildman–Crippen LogP) is 4.19. The first-order chi connectivity index (χ1) is 14.7. The second-order valence-corrected chi connectivity index (χ2v) is 8.66. The summed E-state index contributed by atoms with van der Waals surface area (Å²) in [7, 11) is 1.95. The molecule has 158 valence electrons. The van der Waals surface area contributed by atoms with Gasteiger partial charge in [-0.25, -0.2) is 4.98 Å². The van der Waals surface area contributed by atoms with Crippen molar-refractivity contribution in [2.75, 3.05) is 18.5 Å². The van der Waals surface area contributed by atoms with Crippen molar-refractivity contribution >= 4 is 16.9 Å². The molecule has 3 aromatic rings. The molecule has 0 bridgehead atoms. The molecule has 2 aromatic heterocycles. The normalized spacial score (nSPS) is 24.3. The second kappa shape index (κ2) is 8.22. The van der Waals surface area contributed by atoms with Crippen LogP contribution in [0.1, 0.15) is 39.0 Å². The lowest BCUT2D eigenvalue weighted by Gasteiger charge is -2.27. The standard InChI is InChI=1S/C23H29N5O2/c1-15-3-6-18(7-4-15)26-23-24-13-20(22(27-23)30-19-9-10-29-14-19)16-5-8-21-17(11-16)12-25-28(21)2/h5,8,11-13,15,18-19H,3-4,6-7,9-10,14H2,1-2H3,(H,24,26,27)/t15?,18?,19-/m1/s1. The molecule has 2 fully saturated rings. The van der Waals surface area contributed by atoms with E-state index in [1.165, 1.54) is 12.8 Å². The van der Waals surface area contributed by atoms with Crippen LogP contribution in [0.25, 0.3) is 22.0 Å². The summed E-state index contributed by atoms with van der Waals surface area (Å²) in [5, 5.41) is 8.97. The Morgan fingerprint density at radius 3 is 2.80 bits per heavy atom. The number of nitrogens with zero attached hydrogens (tertiary/aromatic N) is 4. The molecule has 1 atom stereocenters. The number of aryl methyl sites for hydroxylation is 1. The third kappa shape index (κ3) is 3.99. The highest BCUT2D eigenvalue weighted by molar-refractivity contribution is 5.85. The lowest BCUT2D eigenvalue weighted by atomic mass is 9.87. The third-order valence-corrected chi connectivity index (χ3v) is 6.33. The number of hydrogen-bond donors (Lipinski definition) is 1. The summed E-state index contributed by atoms with van der Waals surface area (Å²) in [4.78, 5) is 9.42. The van der Waals surface area contributed by atoms with Crippen LogP contribution in [0.15, 0.2) is 30.6 Å². The molecule has 5 rings (SSSR count). The summed E-state index contributed by atoms with van der Waals surface area (Å²) in [5.74, 6) is 2.08. The van der Waals surface area contributed by atoms with Crippen LogP contribution in [0.5, 0.6) is 5.88 Å². The van der Waals surface area contributed by atoms with Crippen LogP contribution in [0.4, 0.5) is 5.95 Å². The monoisotopic (exact) mass is 407 g/mol. The first kappa shape index (κ1) is 19.3. The zero-order chi connectivity index (χ0) is 20.5. The van der Waals surface area contributed by atoms with Crippen LogP contribution in [-0.2, 0) is 11.8 Å². The summed E-state index contributed by atoms with van der Waals surface area (Å²) in [6, 6.07) is 6.71. The number of benzene rings is 1. The second-order valence-electron chi connectivity index (χ2n) is 8.66. The van der Waals surface area contributed by atoms with Gasteiger partial charge in [0.15, 0.2) is 0 Å². The SMILES string of the molecule is CC1CCC(Nc2ncc(-c3ccc4c(cnn4C)c3)c(O[C@@H]3CCOC3)n2)CC1. The summed E-state index contributed by atoms with van der Waals surface area (Å²) in [6.45, 7) is 3.67. The minimum atomic E-state index is 0.0316. The Morgan fingerprint density at radius 2 is 2.00 bits per heavy atom. The Kier molecular flexibility index (Phi) is 5.29. The first-order valence-corrected chi connectivity index (χ1v) is 11.0. The minimum Gasteiger partial charge on any atom is -0.471 e.